The summed E-state index contributed by atoms with van der Waals surface area (Å²) in [6, 6.07) is 12.6. The lowest BCUT2D eigenvalue weighted by molar-refractivity contribution is 0.102. The minimum absolute atomic E-state index is 0.0473. The molecule has 0 aliphatic carbocycles. The zero-order valence-electron chi connectivity index (χ0n) is 15.7. The Morgan fingerprint density at radius 1 is 1.07 bits per heavy atom. The number of anilines is 1. The topological polar surface area (TPSA) is 71.3 Å². The van der Waals surface area contributed by atoms with Crippen LogP contribution in [-0.4, -0.2) is 15.6 Å². The van der Waals surface area contributed by atoms with E-state index in [2.05, 4.69) is 12.2 Å². The lowest BCUT2D eigenvalue weighted by Crippen LogP contribution is -2.30. The van der Waals surface area contributed by atoms with E-state index in [9.17, 15) is 19.1 Å². The fourth-order valence-electron chi connectivity index (χ4n) is 3.26. The quantitative estimate of drug-likeness (QED) is 0.583. The van der Waals surface area contributed by atoms with Crippen molar-refractivity contribution in [2.24, 2.45) is 0 Å². The zero-order chi connectivity index (χ0) is 20.1. The predicted molar refractivity (Wildman–Crippen MR) is 108 cm³/mol. The number of para-hydroxylation sites is 2. The predicted octanol–water partition coefficient (Wildman–Crippen LogP) is 4.68. The molecule has 3 aromatic rings. The van der Waals surface area contributed by atoms with Gasteiger partial charge in [0, 0.05) is 11.9 Å². The summed E-state index contributed by atoms with van der Waals surface area (Å²) >= 11 is 0. The number of amides is 1. The minimum Gasteiger partial charge on any atom is -0.506 e. The van der Waals surface area contributed by atoms with Gasteiger partial charge in [0.1, 0.15) is 17.1 Å². The van der Waals surface area contributed by atoms with Gasteiger partial charge in [0.05, 0.1) is 11.2 Å². The summed E-state index contributed by atoms with van der Waals surface area (Å²) in [5, 5.41) is 13.4. The number of hydrogen-bond donors (Lipinski definition) is 2. The molecule has 0 bridgehead atoms. The molecule has 2 N–H and O–H groups in total. The van der Waals surface area contributed by atoms with Crippen molar-refractivity contribution in [1.82, 2.24) is 4.57 Å². The first-order valence-electron chi connectivity index (χ1n) is 9.45. The number of fused-ring (bicyclic) bond motifs is 1. The minimum atomic E-state index is -0.833. The van der Waals surface area contributed by atoms with E-state index in [0.29, 0.717) is 17.4 Å². The SMILES string of the molecule is CCCCCCn1c(=O)c(C(=O)Nc2ccccc2F)c(O)c2ccccc21. The third-order valence-corrected chi connectivity index (χ3v) is 4.73. The van der Waals surface area contributed by atoms with Crippen molar-refractivity contribution < 1.29 is 14.3 Å². The molecule has 146 valence electrons. The third kappa shape index (κ3) is 3.91. The summed E-state index contributed by atoms with van der Waals surface area (Å²) in [6.45, 7) is 2.55. The van der Waals surface area contributed by atoms with Crippen LogP contribution in [0.15, 0.2) is 53.3 Å². The standard InChI is InChI=1S/C22H23FN2O3/c1-2-3-4-9-14-25-18-13-8-5-10-15(18)20(26)19(22(25)28)21(27)24-17-12-7-6-11-16(17)23/h5-8,10-13,26H,2-4,9,14H2,1H3,(H,24,27). The van der Waals surface area contributed by atoms with Gasteiger partial charge in [-0.15, -0.1) is 0 Å². The van der Waals surface area contributed by atoms with Crippen molar-refractivity contribution in [3.8, 4) is 5.75 Å². The smallest absolute Gasteiger partial charge is 0.267 e. The molecule has 2 aromatic carbocycles. The van der Waals surface area contributed by atoms with Crippen LogP contribution in [0.3, 0.4) is 0 Å². The van der Waals surface area contributed by atoms with Gasteiger partial charge in [0.2, 0.25) is 0 Å². The van der Waals surface area contributed by atoms with Gasteiger partial charge in [0.15, 0.2) is 0 Å². The summed E-state index contributed by atoms with van der Waals surface area (Å²) in [5.41, 5.74) is -0.433. The lowest BCUT2D eigenvalue weighted by Gasteiger charge is -2.15. The number of aromatic hydroxyl groups is 1. The molecule has 0 atom stereocenters. The molecule has 0 aliphatic heterocycles. The Morgan fingerprint density at radius 3 is 2.54 bits per heavy atom. The van der Waals surface area contributed by atoms with Gasteiger partial charge in [-0.3, -0.25) is 9.59 Å². The third-order valence-electron chi connectivity index (χ3n) is 4.73. The summed E-state index contributed by atoms with van der Waals surface area (Å²) in [7, 11) is 0. The molecule has 0 fully saturated rings. The largest absolute Gasteiger partial charge is 0.506 e. The van der Waals surface area contributed by atoms with Crippen LogP contribution in [0.2, 0.25) is 0 Å². The van der Waals surface area contributed by atoms with Crippen LogP contribution < -0.4 is 10.9 Å². The van der Waals surface area contributed by atoms with Crippen LogP contribution in [-0.2, 0) is 6.54 Å². The first-order valence-corrected chi connectivity index (χ1v) is 9.45. The second-order valence-corrected chi connectivity index (χ2v) is 6.69. The molecule has 5 nitrogen and oxygen atoms in total. The van der Waals surface area contributed by atoms with E-state index in [1.54, 1.807) is 30.3 Å². The maximum atomic E-state index is 13.9. The molecular formula is C22H23FN2O3. The number of rotatable bonds is 7. The number of nitrogens with one attached hydrogen (secondary N) is 1. The average Bonchev–Trinajstić information content (AvgIpc) is 2.69. The molecule has 0 saturated carbocycles. The Labute approximate surface area is 162 Å². The number of aryl methyl sites for hydroxylation is 1. The van der Waals surface area contributed by atoms with Crippen molar-refractivity contribution in [2.75, 3.05) is 5.32 Å². The summed E-state index contributed by atoms with van der Waals surface area (Å²) in [6.07, 6.45) is 3.89. The number of nitrogens with zero attached hydrogens (tertiary/aromatic N) is 1. The molecule has 0 radical (unpaired) electrons. The molecule has 1 amide bonds. The fraction of sp³-hybridized carbons (Fsp3) is 0.273. The highest BCUT2D eigenvalue weighted by Gasteiger charge is 2.22. The first-order chi connectivity index (χ1) is 13.5. The van der Waals surface area contributed by atoms with Gasteiger partial charge in [-0.2, -0.15) is 0 Å². The number of carbonyl (C=O) groups is 1. The van der Waals surface area contributed by atoms with Gasteiger partial charge in [-0.25, -0.2) is 4.39 Å². The van der Waals surface area contributed by atoms with Crippen LogP contribution in [0.25, 0.3) is 10.9 Å². The molecule has 0 saturated heterocycles. The Morgan fingerprint density at radius 2 is 1.79 bits per heavy atom. The van der Waals surface area contributed by atoms with Gasteiger partial charge in [-0.1, -0.05) is 50.5 Å². The van der Waals surface area contributed by atoms with E-state index < -0.39 is 17.3 Å². The molecule has 0 aliphatic rings. The summed E-state index contributed by atoms with van der Waals surface area (Å²) in [5.74, 6) is -1.84. The van der Waals surface area contributed by atoms with Crippen LogP contribution >= 0.6 is 0 Å². The van der Waals surface area contributed by atoms with E-state index >= 15 is 0 Å². The van der Waals surface area contributed by atoms with Crippen LogP contribution in [0.1, 0.15) is 43.0 Å². The maximum Gasteiger partial charge on any atom is 0.267 e. The van der Waals surface area contributed by atoms with E-state index in [0.717, 1.165) is 25.7 Å². The van der Waals surface area contributed by atoms with E-state index in [4.69, 9.17) is 0 Å². The first kappa shape index (κ1) is 19.6. The lowest BCUT2D eigenvalue weighted by atomic mass is 10.1. The van der Waals surface area contributed by atoms with Crippen molar-refractivity contribution >= 4 is 22.5 Å². The van der Waals surface area contributed by atoms with Gasteiger partial charge < -0.3 is 15.0 Å². The van der Waals surface area contributed by atoms with E-state index in [-0.39, 0.29) is 17.0 Å². The molecule has 28 heavy (non-hydrogen) atoms. The highest BCUT2D eigenvalue weighted by Crippen LogP contribution is 2.27. The number of unbranched alkanes of at least 4 members (excludes halogenated alkanes) is 3. The molecule has 6 heteroatoms. The molecule has 0 unspecified atom stereocenters. The Bertz CT molecular complexity index is 1060. The van der Waals surface area contributed by atoms with Crippen LogP contribution in [0.4, 0.5) is 10.1 Å². The maximum absolute atomic E-state index is 13.9. The van der Waals surface area contributed by atoms with Gasteiger partial charge in [-0.05, 0) is 30.7 Å². The number of halogens is 1. The molecule has 0 spiro atoms. The van der Waals surface area contributed by atoms with Crippen molar-refractivity contribution in [3.05, 3.63) is 70.3 Å². The normalized spacial score (nSPS) is 10.9. The Balaban J connectivity index is 2.05. The summed E-state index contributed by atoms with van der Waals surface area (Å²) in [4.78, 5) is 25.8. The Hall–Kier alpha value is -3.15. The van der Waals surface area contributed by atoms with E-state index in [1.165, 1.54) is 22.8 Å². The fourth-order valence-corrected chi connectivity index (χ4v) is 3.26. The highest BCUT2D eigenvalue weighted by molar-refractivity contribution is 6.09. The summed E-state index contributed by atoms with van der Waals surface area (Å²) < 4.78 is 15.4. The van der Waals surface area contributed by atoms with Crippen LogP contribution in [0.5, 0.6) is 5.75 Å². The highest BCUT2D eigenvalue weighted by atomic mass is 19.1. The molecular weight excluding hydrogens is 359 g/mol. The van der Waals surface area contributed by atoms with E-state index in [1.807, 2.05) is 0 Å². The van der Waals surface area contributed by atoms with Gasteiger partial charge in [0.25, 0.3) is 11.5 Å². The monoisotopic (exact) mass is 382 g/mol. The van der Waals surface area contributed by atoms with Crippen molar-refractivity contribution in [3.63, 3.8) is 0 Å². The van der Waals surface area contributed by atoms with Crippen molar-refractivity contribution in [2.45, 2.75) is 39.2 Å². The number of aromatic nitrogens is 1. The second kappa shape index (κ2) is 8.69. The zero-order valence-corrected chi connectivity index (χ0v) is 15.7. The Kier molecular flexibility index (Phi) is 6.09. The molecule has 3 rings (SSSR count). The number of benzene rings is 2. The average molecular weight is 382 g/mol. The second-order valence-electron chi connectivity index (χ2n) is 6.69. The van der Waals surface area contributed by atoms with Gasteiger partial charge >= 0.3 is 0 Å². The molecule has 1 aromatic heterocycles. The van der Waals surface area contributed by atoms with Crippen LogP contribution in [0, 0.1) is 5.82 Å². The number of pyridine rings is 1. The molecule has 1 heterocycles. The number of carbonyl (C=O) groups excluding carboxylic acids is 1. The van der Waals surface area contributed by atoms with Crippen molar-refractivity contribution in [1.29, 1.82) is 0 Å². The number of hydrogen-bond acceptors (Lipinski definition) is 3.